The molecule has 0 fully saturated rings. The fourth-order valence-corrected chi connectivity index (χ4v) is 2.75. The van der Waals surface area contributed by atoms with Gasteiger partial charge in [-0.25, -0.2) is 4.57 Å². The van der Waals surface area contributed by atoms with Crippen LogP contribution in [0.4, 0.5) is 0 Å². The quantitative estimate of drug-likeness (QED) is 0.881. The van der Waals surface area contributed by atoms with Gasteiger partial charge in [-0.2, -0.15) is 0 Å². The van der Waals surface area contributed by atoms with Crippen LogP contribution in [0.5, 0.6) is 5.75 Å². The van der Waals surface area contributed by atoms with Gasteiger partial charge in [0, 0.05) is 0 Å². The van der Waals surface area contributed by atoms with E-state index in [-0.39, 0.29) is 11.7 Å². The Balaban J connectivity index is 1.91. The molecule has 0 saturated carbocycles. The van der Waals surface area contributed by atoms with E-state index in [1.54, 1.807) is 0 Å². The molecule has 1 atom stereocenters. The van der Waals surface area contributed by atoms with Crippen LogP contribution >= 0.6 is 0 Å². The van der Waals surface area contributed by atoms with Crippen molar-refractivity contribution in [2.24, 2.45) is 5.92 Å². The maximum absolute atomic E-state index is 12.8. The van der Waals surface area contributed by atoms with Crippen molar-refractivity contribution in [3.8, 4) is 5.75 Å². The fraction of sp³-hybridized carbons (Fsp3) is 0.412. The number of benzene rings is 1. The molecule has 0 amide bonds. The van der Waals surface area contributed by atoms with Crippen LogP contribution in [0.2, 0.25) is 0 Å². The Hall–Kier alpha value is -2.10. The lowest BCUT2D eigenvalue weighted by molar-refractivity contribution is -0.699. The predicted molar refractivity (Wildman–Crippen MR) is 79.5 cm³/mol. The van der Waals surface area contributed by atoms with Crippen LogP contribution in [0, 0.1) is 5.92 Å². The van der Waals surface area contributed by atoms with Gasteiger partial charge in [0.05, 0.1) is 18.1 Å². The lowest BCUT2D eigenvalue weighted by Crippen LogP contribution is -2.38. The zero-order valence-electron chi connectivity index (χ0n) is 12.5. The fourth-order valence-electron chi connectivity index (χ4n) is 2.75. The molecular formula is C17H21N2O2+. The summed E-state index contributed by atoms with van der Waals surface area (Å²) in [4.78, 5) is 15.8. The van der Waals surface area contributed by atoms with Crippen molar-refractivity contribution < 1.29 is 14.1 Å². The number of ether oxygens (including phenoxy) is 1. The molecule has 21 heavy (non-hydrogen) atoms. The number of carbonyl (C=O) groups is 1. The lowest BCUT2D eigenvalue weighted by atomic mass is 9.92. The number of nitrogens with zero attached hydrogens (tertiary/aromatic N) is 1. The van der Waals surface area contributed by atoms with Crippen molar-refractivity contribution in [2.45, 2.75) is 32.7 Å². The second-order valence-corrected chi connectivity index (χ2v) is 5.92. The van der Waals surface area contributed by atoms with Gasteiger partial charge in [-0.05, 0) is 30.0 Å². The minimum absolute atomic E-state index is 0.0329. The van der Waals surface area contributed by atoms with Crippen LogP contribution in [-0.4, -0.2) is 17.4 Å². The third-order valence-electron chi connectivity index (χ3n) is 4.06. The van der Waals surface area contributed by atoms with Crippen LogP contribution in [0.1, 0.15) is 42.1 Å². The van der Waals surface area contributed by atoms with E-state index in [9.17, 15) is 4.79 Å². The summed E-state index contributed by atoms with van der Waals surface area (Å²) in [6.07, 6.45) is 6.44. The number of nitrogens with one attached hydrogen (secondary N) is 1. The molecule has 1 unspecified atom stereocenters. The number of aromatic nitrogens is 2. The van der Waals surface area contributed by atoms with Gasteiger partial charge in [-0.15, -0.1) is 0 Å². The van der Waals surface area contributed by atoms with Crippen molar-refractivity contribution in [1.82, 2.24) is 4.98 Å². The molecular weight excluding hydrogens is 264 g/mol. The molecule has 110 valence electrons. The molecule has 1 aromatic heterocycles. The van der Waals surface area contributed by atoms with E-state index in [1.807, 2.05) is 35.4 Å². The standard InChI is InChI=1S/C17H20N2O2/c1-12(2)13-3-4-16-15(9-13)17(20)14(5-8-21-16)10-19-7-6-18-11-19/h3-4,6-7,9,11-12,14H,5,8,10H2,1-2H3/p+1. The van der Waals surface area contributed by atoms with Gasteiger partial charge in [0.25, 0.3) is 0 Å². The SMILES string of the molecule is CC(C)c1ccc2c(c1)C(=O)C(C[n+]1cc[nH]c1)CCO2. The molecule has 2 aromatic rings. The summed E-state index contributed by atoms with van der Waals surface area (Å²) < 4.78 is 7.78. The molecule has 1 aliphatic rings. The van der Waals surface area contributed by atoms with E-state index in [0.29, 0.717) is 19.1 Å². The number of Topliss-reactive ketones (excluding diaryl/α,β-unsaturated/α-hetero) is 1. The van der Waals surface area contributed by atoms with E-state index in [1.165, 1.54) is 5.56 Å². The topological polar surface area (TPSA) is 46.0 Å². The molecule has 0 bridgehead atoms. The number of imidazole rings is 1. The third-order valence-corrected chi connectivity index (χ3v) is 4.06. The van der Waals surface area contributed by atoms with E-state index in [2.05, 4.69) is 24.9 Å². The monoisotopic (exact) mass is 285 g/mol. The van der Waals surface area contributed by atoms with Crippen molar-refractivity contribution in [2.75, 3.05) is 6.61 Å². The van der Waals surface area contributed by atoms with Crippen molar-refractivity contribution in [3.05, 3.63) is 48.0 Å². The minimum Gasteiger partial charge on any atom is -0.493 e. The summed E-state index contributed by atoms with van der Waals surface area (Å²) >= 11 is 0. The van der Waals surface area contributed by atoms with E-state index >= 15 is 0 Å². The maximum atomic E-state index is 12.8. The van der Waals surface area contributed by atoms with E-state index in [4.69, 9.17) is 4.74 Å². The van der Waals surface area contributed by atoms with Gasteiger partial charge in [0.15, 0.2) is 5.78 Å². The number of carbonyl (C=O) groups excluding carboxylic acids is 1. The van der Waals surface area contributed by atoms with Crippen LogP contribution in [0.15, 0.2) is 36.9 Å². The second-order valence-electron chi connectivity index (χ2n) is 5.92. The van der Waals surface area contributed by atoms with Crippen LogP contribution in [-0.2, 0) is 6.54 Å². The number of rotatable bonds is 3. The molecule has 4 heteroatoms. The van der Waals surface area contributed by atoms with E-state index < -0.39 is 0 Å². The van der Waals surface area contributed by atoms with Crippen molar-refractivity contribution >= 4 is 5.78 Å². The molecule has 4 nitrogen and oxygen atoms in total. The summed E-state index contributed by atoms with van der Waals surface area (Å²) in [6.45, 7) is 5.56. The minimum atomic E-state index is -0.0329. The van der Waals surface area contributed by atoms with Gasteiger partial charge in [-0.3, -0.25) is 9.78 Å². The van der Waals surface area contributed by atoms with Crippen LogP contribution in [0.25, 0.3) is 0 Å². The van der Waals surface area contributed by atoms with E-state index in [0.717, 1.165) is 17.7 Å². The highest BCUT2D eigenvalue weighted by Crippen LogP contribution is 2.30. The summed E-state index contributed by atoms with van der Waals surface area (Å²) in [5.74, 6) is 1.29. The Bertz CT molecular complexity index is 632. The lowest BCUT2D eigenvalue weighted by Gasteiger charge is -2.12. The Morgan fingerprint density at radius 1 is 1.43 bits per heavy atom. The first-order valence-corrected chi connectivity index (χ1v) is 7.48. The van der Waals surface area contributed by atoms with Crippen molar-refractivity contribution in [3.63, 3.8) is 0 Å². The molecule has 0 spiro atoms. The summed E-state index contributed by atoms with van der Waals surface area (Å²) in [5.41, 5.74) is 1.92. The number of ketones is 1. The molecule has 2 heterocycles. The summed E-state index contributed by atoms with van der Waals surface area (Å²) in [7, 11) is 0. The molecule has 0 radical (unpaired) electrons. The zero-order chi connectivity index (χ0) is 14.8. The number of aromatic amines is 1. The first kappa shape index (κ1) is 13.9. The number of fused-ring (bicyclic) bond motifs is 1. The Morgan fingerprint density at radius 3 is 3.00 bits per heavy atom. The average Bonchev–Trinajstić information content (AvgIpc) is 2.93. The smallest absolute Gasteiger partial charge is 0.241 e. The van der Waals surface area contributed by atoms with Gasteiger partial charge in [0.1, 0.15) is 24.7 Å². The Labute approximate surface area is 124 Å². The molecule has 1 aliphatic heterocycles. The van der Waals surface area contributed by atoms with Gasteiger partial charge >= 0.3 is 0 Å². The molecule has 1 N–H and O–H groups in total. The summed E-state index contributed by atoms with van der Waals surface area (Å²) in [5, 5.41) is 0. The summed E-state index contributed by atoms with van der Waals surface area (Å²) in [6, 6.07) is 5.99. The highest BCUT2D eigenvalue weighted by molar-refractivity contribution is 6.00. The highest BCUT2D eigenvalue weighted by Gasteiger charge is 2.28. The van der Waals surface area contributed by atoms with Gasteiger partial charge < -0.3 is 4.74 Å². The zero-order valence-corrected chi connectivity index (χ0v) is 12.5. The predicted octanol–water partition coefficient (Wildman–Crippen LogP) is 2.71. The first-order chi connectivity index (χ1) is 10.1. The van der Waals surface area contributed by atoms with Gasteiger partial charge in [0.2, 0.25) is 6.33 Å². The van der Waals surface area contributed by atoms with Crippen LogP contribution in [0.3, 0.4) is 0 Å². The molecule has 0 saturated heterocycles. The molecule has 0 aliphatic carbocycles. The largest absolute Gasteiger partial charge is 0.493 e. The number of hydrogen-bond donors (Lipinski definition) is 1. The Kier molecular flexibility index (Phi) is 3.78. The molecule has 1 aromatic carbocycles. The maximum Gasteiger partial charge on any atom is 0.241 e. The average molecular weight is 285 g/mol. The number of H-pyrrole nitrogens is 1. The second kappa shape index (κ2) is 5.72. The Morgan fingerprint density at radius 2 is 2.29 bits per heavy atom. The normalized spacial score (nSPS) is 18.2. The number of hydrogen-bond acceptors (Lipinski definition) is 2. The highest BCUT2D eigenvalue weighted by atomic mass is 16.5. The van der Waals surface area contributed by atoms with Gasteiger partial charge in [-0.1, -0.05) is 19.9 Å². The van der Waals surface area contributed by atoms with Crippen LogP contribution < -0.4 is 9.30 Å². The van der Waals surface area contributed by atoms with Crippen molar-refractivity contribution in [1.29, 1.82) is 0 Å². The third kappa shape index (κ3) is 2.84. The first-order valence-electron chi connectivity index (χ1n) is 7.48. The molecule has 3 rings (SSSR count).